The van der Waals surface area contributed by atoms with Crippen molar-refractivity contribution in [2.45, 2.75) is 25.6 Å². The van der Waals surface area contributed by atoms with E-state index in [2.05, 4.69) is 37.4 Å². The normalized spacial score (nSPS) is 22.3. The van der Waals surface area contributed by atoms with Gasteiger partial charge in [0.2, 0.25) is 0 Å². The monoisotopic (exact) mass is 207 g/mol. The zero-order valence-electron chi connectivity index (χ0n) is 8.84. The minimum absolute atomic E-state index is 0.517. The average Bonchev–Trinajstić information content (AvgIpc) is 2.23. The Hall–Kier alpha value is -0.470. The summed E-state index contributed by atoms with van der Waals surface area (Å²) in [5.74, 6) is 1.28. The van der Waals surface area contributed by atoms with E-state index in [0.29, 0.717) is 5.37 Å². The topological polar surface area (TPSA) is 12.0 Å². The van der Waals surface area contributed by atoms with Gasteiger partial charge in [0.15, 0.2) is 0 Å². The molecule has 1 aliphatic rings. The maximum atomic E-state index is 3.57. The molecule has 0 saturated carbocycles. The molecule has 1 aromatic carbocycles. The highest BCUT2D eigenvalue weighted by molar-refractivity contribution is 7.99. The van der Waals surface area contributed by atoms with Gasteiger partial charge in [-0.25, -0.2) is 0 Å². The Kier molecular flexibility index (Phi) is 3.14. The van der Waals surface area contributed by atoms with Crippen molar-refractivity contribution in [1.82, 2.24) is 5.32 Å². The zero-order chi connectivity index (χ0) is 9.97. The lowest BCUT2D eigenvalue weighted by Gasteiger charge is -2.25. The fourth-order valence-corrected chi connectivity index (χ4v) is 3.04. The summed E-state index contributed by atoms with van der Waals surface area (Å²) in [6, 6.07) is 6.60. The van der Waals surface area contributed by atoms with Crippen LogP contribution in [0, 0.1) is 13.8 Å². The van der Waals surface area contributed by atoms with Gasteiger partial charge in [-0.15, -0.1) is 11.8 Å². The largest absolute Gasteiger partial charge is 0.302 e. The summed E-state index contributed by atoms with van der Waals surface area (Å²) in [5, 5.41) is 4.08. The maximum Gasteiger partial charge on any atom is 0.0792 e. The van der Waals surface area contributed by atoms with Gasteiger partial charge in [-0.1, -0.05) is 18.2 Å². The summed E-state index contributed by atoms with van der Waals surface area (Å²) in [7, 11) is 0. The molecule has 1 unspecified atom stereocenters. The second-order valence-corrected chi connectivity index (χ2v) is 5.06. The van der Waals surface area contributed by atoms with E-state index < -0.39 is 0 Å². The number of nitrogens with one attached hydrogen (secondary N) is 1. The Morgan fingerprint density at radius 2 is 2.21 bits per heavy atom. The number of hydrogen-bond donors (Lipinski definition) is 1. The van der Waals surface area contributed by atoms with E-state index in [4.69, 9.17) is 0 Å². The van der Waals surface area contributed by atoms with Crippen LogP contribution in [0.1, 0.15) is 28.5 Å². The van der Waals surface area contributed by atoms with E-state index in [9.17, 15) is 0 Å². The molecule has 0 aromatic heterocycles. The van der Waals surface area contributed by atoms with Crippen LogP contribution in [-0.4, -0.2) is 12.3 Å². The third-order valence-electron chi connectivity index (χ3n) is 2.86. The van der Waals surface area contributed by atoms with Gasteiger partial charge in [0.25, 0.3) is 0 Å². The Bertz CT molecular complexity index is 316. The SMILES string of the molecule is Cc1cccc(C2NCCCS2)c1C. The molecule has 0 spiro atoms. The van der Waals surface area contributed by atoms with Gasteiger partial charge in [0.1, 0.15) is 0 Å². The first-order valence-corrected chi connectivity index (χ1v) is 6.25. The first-order chi connectivity index (χ1) is 6.79. The molecular formula is C12H17NS. The molecule has 1 fully saturated rings. The fourth-order valence-electron chi connectivity index (χ4n) is 1.82. The van der Waals surface area contributed by atoms with Crippen molar-refractivity contribution in [3.05, 3.63) is 34.9 Å². The Morgan fingerprint density at radius 3 is 2.93 bits per heavy atom. The lowest BCUT2D eigenvalue weighted by Crippen LogP contribution is -2.25. The molecule has 1 atom stereocenters. The first kappa shape index (κ1) is 10.1. The van der Waals surface area contributed by atoms with Crippen molar-refractivity contribution < 1.29 is 0 Å². The molecule has 0 amide bonds. The number of thioether (sulfide) groups is 1. The standard InChI is InChI=1S/C12H17NS/c1-9-5-3-6-11(10(9)2)12-13-7-4-8-14-12/h3,5-6,12-13H,4,7-8H2,1-2H3. The van der Waals surface area contributed by atoms with Crippen LogP contribution >= 0.6 is 11.8 Å². The van der Waals surface area contributed by atoms with E-state index in [1.54, 1.807) is 0 Å². The second kappa shape index (κ2) is 4.37. The Balaban J connectivity index is 2.26. The Morgan fingerprint density at radius 1 is 1.36 bits per heavy atom. The van der Waals surface area contributed by atoms with Gasteiger partial charge in [-0.2, -0.15) is 0 Å². The highest BCUT2D eigenvalue weighted by atomic mass is 32.2. The van der Waals surface area contributed by atoms with Crippen molar-refractivity contribution in [2.75, 3.05) is 12.3 Å². The molecule has 0 aliphatic carbocycles. The van der Waals surface area contributed by atoms with Gasteiger partial charge in [0.05, 0.1) is 5.37 Å². The van der Waals surface area contributed by atoms with E-state index >= 15 is 0 Å². The molecule has 2 rings (SSSR count). The molecule has 1 saturated heterocycles. The van der Waals surface area contributed by atoms with Gasteiger partial charge < -0.3 is 5.32 Å². The highest BCUT2D eigenvalue weighted by Crippen LogP contribution is 2.32. The Labute approximate surface area is 90.3 Å². The van der Waals surface area contributed by atoms with Crippen molar-refractivity contribution in [3.63, 3.8) is 0 Å². The van der Waals surface area contributed by atoms with E-state index in [0.717, 1.165) is 6.54 Å². The molecule has 14 heavy (non-hydrogen) atoms. The smallest absolute Gasteiger partial charge is 0.0792 e. The summed E-state index contributed by atoms with van der Waals surface area (Å²) in [6.45, 7) is 5.57. The van der Waals surface area contributed by atoms with E-state index in [1.807, 2.05) is 11.8 Å². The van der Waals surface area contributed by atoms with Crippen LogP contribution in [-0.2, 0) is 0 Å². The summed E-state index contributed by atoms with van der Waals surface area (Å²) >= 11 is 2.03. The van der Waals surface area contributed by atoms with E-state index in [1.165, 1.54) is 28.9 Å². The van der Waals surface area contributed by atoms with Crippen molar-refractivity contribution in [3.8, 4) is 0 Å². The van der Waals surface area contributed by atoms with Crippen LogP contribution in [0.4, 0.5) is 0 Å². The summed E-state index contributed by atoms with van der Waals surface area (Å²) in [6.07, 6.45) is 1.30. The van der Waals surface area contributed by atoms with Crippen molar-refractivity contribution in [1.29, 1.82) is 0 Å². The predicted octanol–water partition coefficient (Wildman–Crippen LogP) is 3.03. The summed E-state index contributed by atoms with van der Waals surface area (Å²) in [4.78, 5) is 0. The summed E-state index contributed by atoms with van der Waals surface area (Å²) < 4.78 is 0. The molecule has 2 heteroatoms. The number of aryl methyl sites for hydroxylation is 1. The van der Waals surface area contributed by atoms with Crippen LogP contribution < -0.4 is 5.32 Å². The molecule has 1 N–H and O–H groups in total. The van der Waals surface area contributed by atoms with Gasteiger partial charge in [-0.3, -0.25) is 0 Å². The van der Waals surface area contributed by atoms with Crippen LogP contribution in [0.25, 0.3) is 0 Å². The minimum Gasteiger partial charge on any atom is -0.302 e. The molecule has 1 heterocycles. The zero-order valence-corrected chi connectivity index (χ0v) is 9.66. The fraction of sp³-hybridized carbons (Fsp3) is 0.500. The molecular weight excluding hydrogens is 190 g/mol. The third-order valence-corrected chi connectivity index (χ3v) is 4.14. The second-order valence-electron chi connectivity index (χ2n) is 3.85. The predicted molar refractivity (Wildman–Crippen MR) is 63.7 cm³/mol. The van der Waals surface area contributed by atoms with Crippen LogP contribution in [0.5, 0.6) is 0 Å². The maximum absolute atomic E-state index is 3.57. The quantitative estimate of drug-likeness (QED) is 0.759. The lowest BCUT2D eigenvalue weighted by atomic mass is 10.0. The first-order valence-electron chi connectivity index (χ1n) is 5.20. The number of hydrogen-bond acceptors (Lipinski definition) is 2. The van der Waals surface area contributed by atoms with Crippen LogP contribution in [0.2, 0.25) is 0 Å². The van der Waals surface area contributed by atoms with Gasteiger partial charge >= 0.3 is 0 Å². The van der Waals surface area contributed by atoms with Crippen molar-refractivity contribution in [2.24, 2.45) is 0 Å². The molecule has 1 aliphatic heterocycles. The van der Waals surface area contributed by atoms with Gasteiger partial charge in [-0.05, 0) is 49.3 Å². The molecule has 76 valence electrons. The summed E-state index contributed by atoms with van der Waals surface area (Å²) in [5.41, 5.74) is 4.31. The average molecular weight is 207 g/mol. The molecule has 0 bridgehead atoms. The molecule has 1 aromatic rings. The number of benzene rings is 1. The van der Waals surface area contributed by atoms with Crippen LogP contribution in [0.3, 0.4) is 0 Å². The molecule has 0 radical (unpaired) electrons. The van der Waals surface area contributed by atoms with Gasteiger partial charge in [0, 0.05) is 0 Å². The number of rotatable bonds is 1. The molecule has 1 nitrogen and oxygen atoms in total. The lowest BCUT2D eigenvalue weighted by molar-refractivity contribution is 0.640. The van der Waals surface area contributed by atoms with E-state index in [-0.39, 0.29) is 0 Å². The van der Waals surface area contributed by atoms with Crippen molar-refractivity contribution >= 4 is 11.8 Å². The minimum atomic E-state index is 0.517. The van der Waals surface area contributed by atoms with Crippen LogP contribution in [0.15, 0.2) is 18.2 Å². The third kappa shape index (κ3) is 1.96. The highest BCUT2D eigenvalue weighted by Gasteiger charge is 2.16.